The van der Waals surface area contributed by atoms with E-state index in [1.807, 2.05) is 19.9 Å². The third-order valence-electron chi connectivity index (χ3n) is 4.51. The zero-order chi connectivity index (χ0) is 15.9. The van der Waals surface area contributed by atoms with Gasteiger partial charge in [0.25, 0.3) is 0 Å². The molecule has 1 aliphatic rings. The first kappa shape index (κ1) is 17.0. The second kappa shape index (κ2) is 8.30. The summed E-state index contributed by atoms with van der Waals surface area (Å²) in [5.41, 5.74) is 7.24. The number of carbonyl (C=O) groups excluding carboxylic acids is 1. The van der Waals surface area contributed by atoms with Crippen LogP contribution in [0.4, 0.5) is 0 Å². The van der Waals surface area contributed by atoms with Gasteiger partial charge in [-0.05, 0) is 30.9 Å². The fraction of sp³-hybridized carbons (Fsp3) is 0.611. The Bertz CT molecular complexity index is 461. The van der Waals surface area contributed by atoms with Gasteiger partial charge in [0.2, 0.25) is 5.91 Å². The Labute approximate surface area is 134 Å². The van der Waals surface area contributed by atoms with Crippen LogP contribution in [0.25, 0.3) is 0 Å². The molecule has 1 aromatic carbocycles. The Morgan fingerprint density at radius 2 is 2.05 bits per heavy atom. The van der Waals surface area contributed by atoms with Crippen molar-refractivity contribution in [1.82, 2.24) is 10.2 Å². The van der Waals surface area contributed by atoms with Gasteiger partial charge in [-0.1, -0.05) is 50.6 Å². The van der Waals surface area contributed by atoms with Gasteiger partial charge < -0.3 is 11.1 Å². The molecule has 22 heavy (non-hydrogen) atoms. The highest BCUT2D eigenvalue weighted by molar-refractivity contribution is 5.81. The smallest absolute Gasteiger partial charge is 0.237 e. The number of hydrogen-bond acceptors (Lipinski definition) is 3. The summed E-state index contributed by atoms with van der Waals surface area (Å²) in [6.07, 6.45) is 3.62. The van der Waals surface area contributed by atoms with Gasteiger partial charge in [0.05, 0.1) is 6.04 Å². The van der Waals surface area contributed by atoms with E-state index in [0.717, 1.165) is 19.5 Å². The second-order valence-electron chi connectivity index (χ2n) is 6.62. The molecule has 0 aliphatic carbocycles. The van der Waals surface area contributed by atoms with E-state index in [1.54, 1.807) is 0 Å². The quantitative estimate of drug-likeness (QED) is 0.846. The summed E-state index contributed by atoms with van der Waals surface area (Å²) in [6, 6.07) is 10.5. The minimum absolute atomic E-state index is 0.0276. The summed E-state index contributed by atoms with van der Waals surface area (Å²) < 4.78 is 0. The van der Waals surface area contributed by atoms with Crippen LogP contribution in [-0.2, 0) is 11.3 Å². The molecule has 1 unspecified atom stereocenters. The molecule has 1 aromatic rings. The van der Waals surface area contributed by atoms with E-state index in [4.69, 9.17) is 5.73 Å². The van der Waals surface area contributed by atoms with Crippen LogP contribution in [0.5, 0.6) is 0 Å². The van der Waals surface area contributed by atoms with Gasteiger partial charge in [-0.2, -0.15) is 0 Å². The number of rotatable bonds is 6. The SMILES string of the molecule is CC(C)C(N)C(=O)NC[C@@H]1CCCCN1Cc1ccccc1. The summed E-state index contributed by atoms with van der Waals surface area (Å²) in [6.45, 7) is 6.72. The average Bonchev–Trinajstić information content (AvgIpc) is 2.54. The highest BCUT2D eigenvalue weighted by Crippen LogP contribution is 2.19. The fourth-order valence-corrected chi connectivity index (χ4v) is 2.96. The predicted molar refractivity (Wildman–Crippen MR) is 90.3 cm³/mol. The van der Waals surface area contributed by atoms with Crippen LogP contribution < -0.4 is 11.1 Å². The van der Waals surface area contributed by atoms with Crippen LogP contribution in [0.2, 0.25) is 0 Å². The molecule has 1 aliphatic heterocycles. The van der Waals surface area contributed by atoms with Crippen molar-refractivity contribution in [2.75, 3.05) is 13.1 Å². The first-order valence-electron chi connectivity index (χ1n) is 8.39. The summed E-state index contributed by atoms with van der Waals surface area (Å²) in [7, 11) is 0. The third kappa shape index (κ3) is 4.82. The molecule has 0 bridgehead atoms. The topological polar surface area (TPSA) is 58.4 Å². The maximum atomic E-state index is 12.0. The predicted octanol–water partition coefficient (Wildman–Crippen LogP) is 2.14. The lowest BCUT2D eigenvalue weighted by molar-refractivity contribution is -0.123. The maximum Gasteiger partial charge on any atom is 0.237 e. The van der Waals surface area contributed by atoms with E-state index in [2.05, 4.69) is 34.5 Å². The minimum Gasteiger partial charge on any atom is -0.353 e. The van der Waals surface area contributed by atoms with Crippen molar-refractivity contribution in [2.45, 2.75) is 51.7 Å². The molecule has 4 heteroatoms. The van der Waals surface area contributed by atoms with E-state index >= 15 is 0 Å². The summed E-state index contributed by atoms with van der Waals surface area (Å²) in [4.78, 5) is 14.5. The Hall–Kier alpha value is -1.39. The maximum absolute atomic E-state index is 12.0. The summed E-state index contributed by atoms with van der Waals surface area (Å²) >= 11 is 0. The molecule has 2 atom stereocenters. The van der Waals surface area contributed by atoms with E-state index in [-0.39, 0.29) is 11.8 Å². The molecule has 0 spiro atoms. The number of nitrogens with one attached hydrogen (secondary N) is 1. The molecule has 4 nitrogen and oxygen atoms in total. The largest absolute Gasteiger partial charge is 0.353 e. The van der Waals surface area contributed by atoms with Gasteiger partial charge in [-0.3, -0.25) is 9.69 Å². The van der Waals surface area contributed by atoms with Gasteiger partial charge in [0.1, 0.15) is 0 Å². The normalized spacial score (nSPS) is 20.8. The average molecular weight is 303 g/mol. The van der Waals surface area contributed by atoms with Crippen molar-refractivity contribution in [3.8, 4) is 0 Å². The van der Waals surface area contributed by atoms with Crippen molar-refractivity contribution < 1.29 is 4.79 Å². The van der Waals surface area contributed by atoms with Crippen molar-refractivity contribution in [1.29, 1.82) is 0 Å². The van der Waals surface area contributed by atoms with Gasteiger partial charge >= 0.3 is 0 Å². The molecule has 122 valence electrons. The number of amides is 1. The van der Waals surface area contributed by atoms with Crippen molar-refractivity contribution >= 4 is 5.91 Å². The summed E-state index contributed by atoms with van der Waals surface area (Å²) in [5, 5.41) is 3.04. The molecule has 1 heterocycles. The van der Waals surface area contributed by atoms with Crippen LogP contribution in [0, 0.1) is 5.92 Å². The highest BCUT2D eigenvalue weighted by atomic mass is 16.2. The molecule has 0 aromatic heterocycles. The molecule has 1 saturated heterocycles. The number of nitrogens with zero attached hydrogens (tertiary/aromatic N) is 1. The number of benzene rings is 1. The summed E-state index contributed by atoms with van der Waals surface area (Å²) in [5.74, 6) is 0.145. The number of hydrogen-bond donors (Lipinski definition) is 2. The number of piperidine rings is 1. The first-order valence-corrected chi connectivity index (χ1v) is 8.39. The molecule has 1 fully saturated rings. The molecule has 0 radical (unpaired) electrons. The van der Waals surface area contributed by atoms with Gasteiger partial charge in [-0.25, -0.2) is 0 Å². The van der Waals surface area contributed by atoms with E-state index in [0.29, 0.717) is 12.6 Å². The Morgan fingerprint density at radius 3 is 2.73 bits per heavy atom. The lowest BCUT2D eigenvalue weighted by atomic mass is 10.00. The molecular weight excluding hydrogens is 274 g/mol. The number of carbonyl (C=O) groups is 1. The van der Waals surface area contributed by atoms with Crippen LogP contribution >= 0.6 is 0 Å². The zero-order valence-electron chi connectivity index (χ0n) is 13.8. The Kier molecular flexibility index (Phi) is 6.40. The van der Waals surface area contributed by atoms with Gasteiger partial charge in [0, 0.05) is 19.1 Å². The molecule has 2 rings (SSSR count). The number of nitrogens with two attached hydrogens (primary N) is 1. The van der Waals surface area contributed by atoms with E-state index < -0.39 is 6.04 Å². The van der Waals surface area contributed by atoms with Gasteiger partial charge in [0.15, 0.2) is 0 Å². The monoisotopic (exact) mass is 303 g/mol. The fourth-order valence-electron chi connectivity index (χ4n) is 2.96. The third-order valence-corrected chi connectivity index (χ3v) is 4.51. The van der Waals surface area contributed by atoms with Gasteiger partial charge in [-0.15, -0.1) is 0 Å². The standard InChI is InChI=1S/C18H29N3O/c1-14(2)17(19)18(22)20-12-16-10-6-7-11-21(16)13-15-8-4-3-5-9-15/h3-5,8-9,14,16-17H,6-7,10-13,19H2,1-2H3,(H,20,22)/t16-,17?/m0/s1. The first-order chi connectivity index (χ1) is 10.6. The van der Waals surface area contributed by atoms with E-state index in [1.165, 1.54) is 18.4 Å². The number of likely N-dealkylation sites (tertiary alicyclic amines) is 1. The van der Waals surface area contributed by atoms with E-state index in [9.17, 15) is 4.79 Å². The molecular formula is C18H29N3O. The highest BCUT2D eigenvalue weighted by Gasteiger charge is 2.24. The van der Waals surface area contributed by atoms with Crippen molar-refractivity contribution in [2.24, 2.45) is 11.7 Å². The lowest BCUT2D eigenvalue weighted by Gasteiger charge is -2.36. The van der Waals surface area contributed by atoms with Crippen LogP contribution in [-0.4, -0.2) is 36.0 Å². The lowest BCUT2D eigenvalue weighted by Crippen LogP contribution is -2.50. The molecule has 0 saturated carbocycles. The van der Waals surface area contributed by atoms with Crippen molar-refractivity contribution in [3.05, 3.63) is 35.9 Å². The zero-order valence-corrected chi connectivity index (χ0v) is 13.8. The Balaban J connectivity index is 1.88. The van der Waals surface area contributed by atoms with Crippen LogP contribution in [0.3, 0.4) is 0 Å². The van der Waals surface area contributed by atoms with Crippen LogP contribution in [0.1, 0.15) is 38.7 Å². The van der Waals surface area contributed by atoms with Crippen molar-refractivity contribution in [3.63, 3.8) is 0 Å². The van der Waals surface area contributed by atoms with Crippen LogP contribution in [0.15, 0.2) is 30.3 Å². The second-order valence-corrected chi connectivity index (χ2v) is 6.62. The minimum atomic E-state index is -0.411. The molecule has 1 amide bonds. The Morgan fingerprint density at radius 1 is 1.32 bits per heavy atom. The molecule has 3 N–H and O–H groups in total.